The first-order valence-corrected chi connectivity index (χ1v) is 14.8. The van der Waals surface area contributed by atoms with Gasteiger partial charge in [-0.05, 0) is 74.2 Å². The van der Waals surface area contributed by atoms with Crippen LogP contribution < -0.4 is 20.9 Å². The van der Waals surface area contributed by atoms with Crippen LogP contribution in [0.2, 0.25) is 0 Å². The van der Waals surface area contributed by atoms with Crippen LogP contribution in [0.1, 0.15) is 58.8 Å². The Balaban J connectivity index is 0.000000566. The molecule has 1 aliphatic rings. The molecule has 10 nitrogen and oxygen atoms in total. The number of carboxylic acids is 1. The zero-order valence-corrected chi connectivity index (χ0v) is 25.1. The number of hydrogen-bond acceptors (Lipinski definition) is 7. The minimum Gasteiger partial charge on any atom is -0.475 e. The summed E-state index contributed by atoms with van der Waals surface area (Å²) in [5.74, 6) is -2.77. The minimum absolute atomic E-state index is 0.0395. The molecule has 234 valence electrons. The number of rotatable bonds is 7. The minimum atomic E-state index is -5.08. The smallest absolute Gasteiger partial charge is 0.475 e. The van der Waals surface area contributed by atoms with Crippen molar-refractivity contribution in [1.29, 1.82) is 0 Å². The molecule has 14 heteroatoms. The second kappa shape index (κ2) is 13.9. The third-order valence-electron chi connectivity index (χ3n) is 6.95. The number of nitrogens with one attached hydrogen (secondary N) is 4. The maximum Gasteiger partial charge on any atom is 0.490 e. The van der Waals surface area contributed by atoms with Gasteiger partial charge in [-0.3, -0.25) is 14.7 Å². The number of H-pyrrole nitrogens is 1. The normalized spacial score (nSPS) is 17.4. The number of nitrogens with zero attached hydrogens (tertiary/aromatic N) is 2. The van der Waals surface area contributed by atoms with Crippen LogP contribution in [-0.4, -0.2) is 64.4 Å². The van der Waals surface area contributed by atoms with Gasteiger partial charge in [-0.25, -0.2) is 4.79 Å². The Morgan fingerprint density at radius 2 is 1.68 bits per heavy atom. The number of carbonyl (C=O) groups is 3. The lowest BCUT2D eigenvalue weighted by molar-refractivity contribution is -0.192. The Morgan fingerprint density at radius 3 is 2.25 bits per heavy atom. The lowest BCUT2D eigenvalue weighted by Gasteiger charge is -2.37. The van der Waals surface area contributed by atoms with Crippen LogP contribution in [0, 0.1) is 0 Å². The number of carboxylic acid groups (broad SMARTS) is 1. The van der Waals surface area contributed by atoms with Crippen molar-refractivity contribution >= 4 is 51.5 Å². The van der Waals surface area contributed by atoms with E-state index >= 15 is 0 Å². The van der Waals surface area contributed by atoms with Gasteiger partial charge in [0.2, 0.25) is 0 Å². The molecular formula is C30H33F3N6O4S. The van der Waals surface area contributed by atoms with Gasteiger partial charge in [-0.2, -0.15) is 18.3 Å². The second-order valence-electron chi connectivity index (χ2n) is 10.5. The Labute approximate surface area is 255 Å². The summed E-state index contributed by atoms with van der Waals surface area (Å²) in [6, 6.07) is 17.8. The average Bonchev–Trinajstić information content (AvgIpc) is 3.66. The molecule has 1 aliphatic heterocycles. The molecule has 5 rings (SSSR count). The molecule has 3 heterocycles. The Hall–Kier alpha value is -4.43. The van der Waals surface area contributed by atoms with Crippen molar-refractivity contribution in [3.8, 4) is 0 Å². The Kier molecular flexibility index (Phi) is 10.3. The monoisotopic (exact) mass is 630 g/mol. The van der Waals surface area contributed by atoms with Crippen molar-refractivity contribution in [2.75, 3.05) is 23.3 Å². The number of fused-ring (bicyclic) bond motifs is 1. The van der Waals surface area contributed by atoms with Gasteiger partial charge in [-0.15, -0.1) is 11.3 Å². The van der Waals surface area contributed by atoms with E-state index in [-0.39, 0.29) is 17.9 Å². The summed E-state index contributed by atoms with van der Waals surface area (Å²) >= 11 is 1.63. The molecule has 0 radical (unpaired) electrons. The summed E-state index contributed by atoms with van der Waals surface area (Å²) < 4.78 is 31.7. The zero-order valence-electron chi connectivity index (χ0n) is 24.2. The van der Waals surface area contributed by atoms with Crippen LogP contribution >= 0.6 is 11.3 Å². The average molecular weight is 631 g/mol. The summed E-state index contributed by atoms with van der Waals surface area (Å²) in [4.78, 5) is 38.4. The third kappa shape index (κ3) is 8.14. The van der Waals surface area contributed by atoms with Gasteiger partial charge in [-0.1, -0.05) is 13.0 Å². The summed E-state index contributed by atoms with van der Waals surface area (Å²) in [5.41, 5.74) is 2.91. The zero-order chi connectivity index (χ0) is 32.0. The number of alkyl halides is 3. The highest BCUT2D eigenvalue weighted by atomic mass is 32.1. The van der Waals surface area contributed by atoms with Crippen molar-refractivity contribution in [3.05, 3.63) is 76.0 Å². The predicted octanol–water partition coefficient (Wildman–Crippen LogP) is 5.58. The van der Waals surface area contributed by atoms with Crippen molar-refractivity contribution in [3.63, 3.8) is 0 Å². The second-order valence-corrected chi connectivity index (χ2v) is 11.4. The van der Waals surface area contributed by atoms with Crippen molar-refractivity contribution in [1.82, 2.24) is 20.8 Å². The van der Waals surface area contributed by atoms with E-state index < -0.39 is 12.1 Å². The molecule has 1 fully saturated rings. The molecular weight excluding hydrogens is 597 g/mol. The number of aromatic amines is 1. The topological polar surface area (TPSA) is 139 Å². The number of halogens is 3. The van der Waals surface area contributed by atoms with E-state index in [1.54, 1.807) is 23.5 Å². The fourth-order valence-electron chi connectivity index (χ4n) is 4.90. The fraction of sp³-hybridized carbons (Fsp3) is 0.333. The first kappa shape index (κ1) is 32.5. The maximum absolute atomic E-state index is 13.0. The lowest BCUT2D eigenvalue weighted by atomic mass is 10.1. The number of piperazine rings is 1. The molecule has 4 aromatic rings. The van der Waals surface area contributed by atoms with Crippen molar-refractivity contribution < 1.29 is 32.7 Å². The van der Waals surface area contributed by atoms with Gasteiger partial charge in [0.1, 0.15) is 0 Å². The predicted molar refractivity (Wildman–Crippen MR) is 163 cm³/mol. The molecule has 2 aromatic heterocycles. The highest BCUT2D eigenvalue weighted by Gasteiger charge is 2.38. The highest BCUT2D eigenvalue weighted by molar-refractivity contribution is 7.10. The van der Waals surface area contributed by atoms with Crippen LogP contribution in [0.15, 0.2) is 60.0 Å². The Morgan fingerprint density at radius 1 is 1.05 bits per heavy atom. The highest BCUT2D eigenvalue weighted by Crippen LogP contribution is 2.26. The number of carbonyl (C=O) groups excluding carboxylic acids is 2. The lowest BCUT2D eigenvalue weighted by Crippen LogP contribution is -2.54. The number of anilines is 2. The van der Waals surface area contributed by atoms with Gasteiger partial charge < -0.3 is 26.0 Å². The largest absolute Gasteiger partial charge is 0.490 e. The molecule has 44 heavy (non-hydrogen) atoms. The van der Waals surface area contributed by atoms with Crippen LogP contribution in [0.3, 0.4) is 0 Å². The number of hydrogen-bond donors (Lipinski definition) is 5. The number of aromatic nitrogens is 2. The summed E-state index contributed by atoms with van der Waals surface area (Å²) in [5, 5.41) is 26.6. The van der Waals surface area contributed by atoms with Gasteiger partial charge in [0.25, 0.3) is 11.8 Å². The van der Waals surface area contributed by atoms with Gasteiger partial charge in [0.15, 0.2) is 5.82 Å². The van der Waals surface area contributed by atoms with Crippen molar-refractivity contribution in [2.24, 2.45) is 0 Å². The molecule has 0 saturated carbocycles. The SMILES string of the molecule is CCC(NC(=O)c1ccc2[nH]nc(NC(=O)c3ccc(N4C[C@@H](C)N[C@@H](C)C4)cc3)c2c1)c1cccs1.O=C(O)C(F)(F)F. The Bertz CT molecular complexity index is 1580. The maximum atomic E-state index is 13.0. The van der Waals surface area contributed by atoms with E-state index in [1.165, 1.54) is 0 Å². The summed E-state index contributed by atoms with van der Waals surface area (Å²) in [6.07, 6.45) is -4.28. The first-order chi connectivity index (χ1) is 20.8. The van der Waals surface area contributed by atoms with Crippen LogP contribution in [-0.2, 0) is 4.79 Å². The number of thiophene rings is 1. The molecule has 0 bridgehead atoms. The van der Waals surface area contributed by atoms with Gasteiger partial charge in [0, 0.05) is 52.3 Å². The fourth-order valence-corrected chi connectivity index (χ4v) is 5.76. The van der Waals surface area contributed by atoms with Gasteiger partial charge >= 0.3 is 12.1 Å². The van der Waals surface area contributed by atoms with E-state index in [0.29, 0.717) is 34.4 Å². The quantitative estimate of drug-likeness (QED) is 0.180. The van der Waals surface area contributed by atoms with Gasteiger partial charge in [0.05, 0.1) is 11.6 Å². The van der Waals surface area contributed by atoms with Crippen LogP contribution in [0.5, 0.6) is 0 Å². The molecule has 0 aliphatic carbocycles. The number of amides is 2. The number of benzene rings is 2. The molecule has 3 atom stereocenters. The summed E-state index contributed by atoms with van der Waals surface area (Å²) in [6.45, 7) is 8.27. The molecule has 2 aromatic carbocycles. The van der Waals surface area contributed by atoms with E-state index in [0.717, 1.165) is 35.6 Å². The standard InChI is InChI=1S/C28H32N6O2S.C2HF3O2/c1-4-23(25-6-5-13-37-25)30-28(36)20-9-12-24-22(14-20)26(33-32-24)31-27(35)19-7-10-21(11-8-19)34-15-17(2)29-18(3)16-34;3-2(4,5)1(6)7/h5-14,17-18,23,29H,4,15-16H2,1-3H3,(H,30,36)(H2,31,32,33,35);(H,6,7)/t17-,18+,23?;. The summed E-state index contributed by atoms with van der Waals surface area (Å²) in [7, 11) is 0. The number of aliphatic carboxylic acids is 1. The molecule has 1 unspecified atom stereocenters. The third-order valence-corrected chi connectivity index (χ3v) is 7.94. The molecule has 5 N–H and O–H groups in total. The van der Waals surface area contributed by atoms with Crippen LogP contribution in [0.25, 0.3) is 10.9 Å². The van der Waals surface area contributed by atoms with Crippen molar-refractivity contribution in [2.45, 2.75) is 51.5 Å². The first-order valence-electron chi connectivity index (χ1n) is 13.9. The molecule has 1 saturated heterocycles. The molecule has 2 amide bonds. The molecule has 0 spiro atoms. The van der Waals surface area contributed by atoms with E-state index in [1.807, 2.05) is 47.8 Å². The van der Waals surface area contributed by atoms with Crippen LogP contribution in [0.4, 0.5) is 24.7 Å². The van der Waals surface area contributed by atoms with E-state index in [2.05, 4.69) is 51.8 Å². The van der Waals surface area contributed by atoms with E-state index in [9.17, 15) is 22.8 Å². The van der Waals surface area contributed by atoms with E-state index in [4.69, 9.17) is 9.90 Å².